The Labute approximate surface area is 160 Å². The van der Waals surface area contributed by atoms with E-state index in [-0.39, 0.29) is 11.8 Å². The van der Waals surface area contributed by atoms with Gasteiger partial charge < -0.3 is 19.5 Å². The van der Waals surface area contributed by atoms with Gasteiger partial charge >= 0.3 is 0 Å². The summed E-state index contributed by atoms with van der Waals surface area (Å²) in [5.74, 6) is 1.07. The van der Waals surface area contributed by atoms with Gasteiger partial charge in [-0.3, -0.25) is 9.59 Å². The van der Waals surface area contributed by atoms with Gasteiger partial charge in [-0.25, -0.2) is 0 Å². The lowest BCUT2D eigenvalue weighted by Gasteiger charge is -2.22. The number of benzene rings is 1. The Hall–Kier alpha value is -2.76. The van der Waals surface area contributed by atoms with Gasteiger partial charge in [0.05, 0.1) is 13.5 Å². The average molecular weight is 369 g/mol. The van der Waals surface area contributed by atoms with Crippen LogP contribution in [0.25, 0.3) is 0 Å². The zero-order valence-corrected chi connectivity index (χ0v) is 15.8. The fourth-order valence-corrected chi connectivity index (χ4v) is 3.41. The molecule has 0 unspecified atom stereocenters. The fourth-order valence-electron chi connectivity index (χ4n) is 3.41. The molecule has 27 heavy (non-hydrogen) atoms. The molecule has 2 amide bonds. The molecular weight excluding hydrogens is 342 g/mol. The van der Waals surface area contributed by atoms with Crippen molar-refractivity contribution in [2.24, 2.45) is 0 Å². The second kappa shape index (κ2) is 9.26. The minimum atomic E-state index is 0.114. The number of nitrogens with zero attached hydrogens (tertiary/aromatic N) is 2. The van der Waals surface area contributed by atoms with Crippen LogP contribution in [0, 0.1) is 0 Å². The van der Waals surface area contributed by atoms with Crippen molar-refractivity contribution in [2.75, 3.05) is 33.3 Å². The van der Waals surface area contributed by atoms with Crippen molar-refractivity contribution in [1.82, 2.24) is 14.8 Å². The third-order valence-electron chi connectivity index (χ3n) is 4.97. The zero-order chi connectivity index (χ0) is 19.1. The van der Waals surface area contributed by atoms with Crippen molar-refractivity contribution >= 4 is 11.8 Å². The van der Waals surface area contributed by atoms with Crippen LogP contribution in [0.4, 0.5) is 0 Å². The molecule has 6 nitrogen and oxygen atoms in total. The molecule has 1 aliphatic rings. The van der Waals surface area contributed by atoms with Crippen molar-refractivity contribution in [3.05, 3.63) is 53.9 Å². The number of hydrogen-bond donors (Lipinski definition) is 1. The van der Waals surface area contributed by atoms with E-state index in [1.165, 1.54) is 0 Å². The van der Waals surface area contributed by atoms with Gasteiger partial charge in [-0.05, 0) is 42.7 Å². The molecule has 1 aromatic heterocycles. The molecule has 0 bridgehead atoms. The Morgan fingerprint density at radius 2 is 1.81 bits per heavy atom. The Kier molecular flexibility index (Phi) is 6.52. The van der Waals surface area contributed by atoms with Crippen molar-refractivity contribution in [3.8, 4) is 5.75 Å². The summed E-state index contributed by atoms with van der Waals surface area (Å²) in [4.78, 5) is 31.9. The maximum Gasteiger partial charge on any atom is 0.228 e. The highest BCUT2D eigenvalue weighted by Gasteiger charge is 2.22. The van der Waals surface area contributed by atoms with E-state index in [1.54, 1.807) is 7.11 Å². The largest absolute Gasteiger partial charge is 0.497 e. The molecule has 1 aromatic carbocycles. The zero-order valence-electron chi connectivity index (χ0n) is 15.8. The van der Waals surface area contributed by atoms with E-state index in [9.17, 15) is 9.59 Å². The number of hydrogen-bond acceptors (Lipinski definition) is 3. The van der Waals surface area contributed by atoms with Crippen molar-refractivity contribution in [2.45, 2.75) is 25.7 Å². The van der Waals surface area contributed by atoms with Crippen LogP contribution in [0.15, 0.2) is 42.6 Å². The lowest BCUT2D eigenvalue weighted by atomic mass is 10.1. The number of nitrogens with one attached hydrogen (secondary N) is 1. The van der Waals surface area contributed by atoms with E-state index in [0.29, 0.717) is 45.4 Å². The SMILES string of the molecule is COc1cccc(CCC(=O)N2CCCN(C(=O)Cc3ccc[nH]3)CC2)c1. The predicted octanol–water partition coefficient (Wildman–Crippen LogP) is 2.26. The standard InChI is InChI=1S/C21H27N3O3/c1-27-19-7-2-5-17(15-19)8-9-20(25)23-11-4-12-24(14-13-23)21(26)16-18-6-3-10-22-18/h2-3,5-7,10,15,22H,4,8-9,11-14,16H2,1H3. The molecular formula is C21H27N3O3. The predicted molar refractivity (Wildman–Crippen MR) is 104 cm³/mol. The first-order chi connectivity index (χ1) is 13.2. The summed E-state index contributed by atoms with van der Waals surface area (Å²) < 4.78 is 5.23. The minimum absolute atomic E-state index is 0.114. The van der Waals surface area contributed by atoms with Gasteiger partial charge in [0, 0.05) is 44.5 Å². The highest BCUT2D eigenvalue weighted by atomic mass is 16.5. The number of carbonyl (C=O) groups excluding carboxylic acids is 2. The highest BCUT2D eigenvalue weighted by Crippen LogP contribution is 2.15. The Morgan fingerprint density at radius 3 is 2.52 bits per heavy atom. The van der Waals surface area contributed by atoms with E-state index in [0.717, 1.165) is 23.4 Å². The highest BCUT2D eigenvalue weighted by molar-refractivity contribution is 5.79. The molecule has 2 aromatic rings. The minimum Gasteiger partial charge on any atom is -0.497 e. The topological polar surface area (TPSA) is 65.6 Å². The summed E-state index contributed by atoms with van der Waals surface area (Å²) >= 11 is 0. The molecule has 1 fully saturated rings. The number of amides is 2. The molecule has 0 atom stereocenters. The molecule has 2 heterocycles. The summed E-state index contributed by atoms with van der Waals surface area (Å²) in [6, 6.07) is 11.6. The Morgan fingerprint density at radius 1 is 1.04 bits per heavy atom. The van der Waals surface area contributed by atoms with E-state index in [1.807, 2.05) is 52.4 Å². The molecule has 144 valence electrons. The van der Waals surface area contributed by atoms with Gasteiger partial charge in [-0.1, -0.05) is 12.1 Å². The number of aromatic amines is 1. The number of carbonyl (C=O) groups is 2. The molecule has 0 radical (unpaired) electrons. The first kappa shape index (κ1) is 19.0. The number of ether oxygens (including phenoxy) is 1. The molecule has 0 aliphatic carbocycles. The van der Waals surface area contributed by atoms with Crippen LogP contribution in [0.5, 0.6) is 5.75 Å². The van der Waals surface area contributed by atoms with Crippen LogP contribution in [0.2, 0.25) is 0 Å². The van der Waals surface area contributed by atoms with Crippen LogP contribution in [0.1, 0.15) is 24.1 Å². The first-order valence-electron chi connectivity index (χ1n) is 9.46. The monoisotopic (exact) mass is 369 g/mol. The fraction of sp³-hybridized carbons (Fsp3) is 0.429. The van der Waals surface area contributed by atoms with E-state index in [4.69, 9.17) is 4.74 Å². The molecule has 1 N–H and O–H groups in total. The van der Waals surface area contributed by atoms with E-state index >= 15 is 0 Å². The van der Waals surface area contributed by atoms with E-state index < -0.39 is 0 Å². The lowest BCUT2D eigenvalue weighted by Crippen LogP contribution is -2.38. The van der Waals surface area contributed by atoms with Gasteiger partial charge in [0.15, 0.2) is 0 Å². The van der Waals surface area contributed by atoms with Crippen molar-refractivity contribution < 1.29 is 14.3 Å². The van der Waals surface area contributed by atoms with Crippen LogP contribution in [0.3, 0.4) is 0 Å². The van der Waals surface area contributed by atoms with Crippen molar-refractivity contribution in [1.29, 1.82) is 0 Å². The van der Waals surface area contributed by atoms with Gasteiger partial charge in [0.25, 0.3) is 0 Å². The van der Waals surface area contributed by atoms with Gasteiger partial charge in [0.1, 0.15) is 5.75 Å². The quantitative estimate of drug-likeness (QED) is 0.849. The lowest BCUT2D eigenvalue weighted by molar-refractivity contribution is -0.133. The summed E-state index contributed by atoms with van der Waals surface area (Å²) in [5.41, 5.74) is 2.02. The van der Waals surface area contributed by atoms with Crippen LogP contribution in [-0.2, 0) is 22.4 Å². The number of rotatable bonds is 6. The number of H-pyrrole nitrogens is 1. The summed E-state index contributed by atoms with van der Waals surface area (Å²) in [6.45, 7) is 2.63. The normalized spacial score (nSPS) is 14.7. The summed E-state index contributed by atoms with van der Waals surface area (Å²) in [7, 11) is 1.64. The Bertz CT molecular complexity index is 758. The van der Waals surface area contributed by atoms with Crippen LogP contribution < -0.4 is 4.74 Å². The molecule has 0 spiro atoms. The first-order valence-corrected chi connectivity index (χ1v) is 9.46. The summed E-state index contributed by atoms with van der Waals surface area (Å²) in [6.07, 6.45) is 4.21. The molecule has 1 saturated heterocycles. The molecule has 0 saturated carbocycles. The number of aryl methyl sites for hydroxylation is 1. The second-order valence-electron chi connectivity index (χ2n) is 6.84. The van der Waals surface area contributed by atoms with Gasteiger partial charge in [0.2, 0.25) is 11.8 Å². The van der Waals surface area contributed by atoms with Gasteiger partial charge in [-0.2, -0.15) is 0 Å². The third-order valence-corrected chi connectivity index (χ3v) is 4.97. The number of methoxy groups -OCH3 is 1. The third kappa shape index (κ3) is 5.36. The Balaban J connectivity index is 1.48. The maximum atomic E-state index is 12.6. The van der Waals surface area contributed by atoms with Crippen LogP contribution >= 0.6 is 0 Å². The maximum absolute atomic E-state index is 12.6. The smallest absolute Gasteiger partial charge is 0.228 e. The second-order valence-corrected chi connectivity index (χ2v) is 6.84. The number of aromatic nitrogens is 1. The molecule has 6 heteroatoms. The van der Waals surface area contributed by atoms with Crippen molar-refractivity contribution in [3.63, 3.8) is 0 Å². The van der Waals surface area contributed by atoms with Crippen LogP contribution in [-0.4, -0.2) is 59.9 Å². The summed E-state index contributed by atoms with van der Waals surface area (Å²) in [5, 5.41) is 0. The average Bonchev–Trinajstić information content (AvgIpc) is 3.07. The molecule has 1 aliphatic heterocycles. The van der Waals surface area contributed by atoms with Gasteiger partial charge in [-0.15, -0.1) is 0 Å². The van der Waals surface area contributed by atoms with E-state index in [2.05, 4.69) is 4.98 Å². The molecule has 3 rings (SSSR count).